The number of para-hydroxylation sites is 1. The first-order valence-corrected chi connectivity index (χ1v) is 15.3. The number of rotatable bonds is 5. The first-order chi connectivity index (χ1) is 20.6. The van der Waals surface area contributed by atoms with Crippen LogP contribution in [0.25, 0.3) is 44.0 Å². The van der Waals surface area contributed by atoms with E-state index in [2.05, 4.69) is 13.8 Å². The van der Waals surface area contributed by atoms with Gasteiger partial charge < -0.3 is 0 Å². The minimum atomic E-state index is -0.236. The molecule has 0 spiro atoms. The minimum absolute atomic E-state index is 0.0103. The van der Waals surface area contributed by atoms with E-state index in [4.69, 9.17) is 34.8 Å². The highest BCUT2D eigenvalue weighted by molar-refractivity contribution is 6.41. The zero-order chi connectivity index (χ0) is 30.6. The maximum Gasteiger partial charge on any atom is 0.264 e. The van der Waals surface area contributed by atoms with E-state index in [9.17, 15) is 9.59 Å². The fourth-order valence-corrected chi connectivity index (χ4v) is 6.91. The third-order valence-electron chi connectivity index (χ3n) is 7.85. The van der Waals surface area contributed by atoms with Crippen molar-refractivity contribution in [2.75, 3.05) is 0 Å². The summed E-state index contributed by atoms with van der Waals surface area (Å²) in [6.45, 7) is 8.14. The molecule has 6 aromatic rings. The number of aromatic nitrogens is 2. The minimum Gasteiger partial charge on any atom is -0.280 e. The Bertz CT molecular complexity index is 2160. The molecule has 0 aliphatic heterocycles. The van der Waals surface area contributed by atoms with Crippen LogP contribution in [0.1, 0.15) is 50.9 Å². The van der Waals surface area contributed by atoms with Gasteiger partial charge >= 0.3 is 0 Å². The van der Waals surface area contributed by atoms with Crippen molar-refractivity contribution >= 4 is 56.3 Å². The van der Waals surface area contributed by atoms with Gasteiger partial charge in [-0.2, -0.15) is 0 Å². The molecular formula is C36H29Cl3N2O2. The van der Waals surface area contributed by atoms with Crippen LogP contribution < -0.4 is 11.1 Å². The lowest BCUT2D eigenvalue weighted by Crippen LogP contribution is -2.24. The average molecular weight is 628 g/mol. The average Bonchev–Trinajstić information content (AvgIpc) is 2.98. The first-order valence-electron chi connectivity index (χ1n) is 14.2. The first kappa shape index (κ1) is 29.3. The Morgan fingerprint density at radius 2 is 1.28 bits per heavy atom. The van der Waals surface area contributed by atoms with E-state index in [1.54, 1.807) is 15.2 Å². The highest BCUT2D eigenvalue weighted by Gasteiger charge is 2.23. The third kappa shape index (κ3) is 4.88. The van der Waals surface area contributed by atoms with E-state index >= 15 is 0 Å². The van der Waals surface area contributed by atoms with Crippen molar-refractivity contribution in [1.82, 2.24) is 9.13 Å². The molecule has 0 aliphatic rings. The molecule has 0 saturated carbocycles. The summed E-state index contributed by atoms with van der Waals surface area (Å²) in [5.41, 5.74) is 4.00. The molecule has 7 heteroatoms. The summed E-state index contributed by atoms with van der Waals surface area (Å²) in [6, 6.07) is 28.3. The van der Waals surface area contributed by atoms with Crippen LogP contribution in [0.3, 0.4) is 0 Å². The summed E-state index contributed by atoms with van der Waals surface area (Å²) in [7, 11) is 0. The van der Waals surface area contributed by atoms with Gasteiger partial charge in [0.2, 0.25) is 0 Å². The van der Waals surface area contributed by atoms with E-state index in [0.717, 1.165) is 28.0 Å². The van der Waals surface area contributed by atoms with Gasteiger partial charge in [-0.15, -0.1) is 0 Å². The summed E-state index contributed by atoms with van der Waals surface area (Å²) in [6.07, 6.45) is 0. The molecule has 0 atom stereocenters. The molecule has 0 radical (unpaired) electrons. The van der Waals surface area contributed by atoms with Crippen LogP contribution in [0.15, 0.2) is 101 Å². The molecule has 43 heavy (non-hydrogen) atoms. The predicted molar refractivity (Wildman–Crippen MR) is 181 cm³/mol. The van der Waals surface area contributed by atoms with Crippen molar-refractivity contribution < 1.29 is 0 Å². The Balaban J connectivity index is 1.61. The lowest BCUT2D eigenvalue weighted by Gasteiger charge is -2.21. The zero-order valence-electron chi connectivity index (χ0n) is 24.2. The van der Waals surface area contributed by atoms with Crippen LogP contribution in [0, 0.1) is 0 Å². The largest absolute Gasteiger partial charge is 0.280 e. The maximum absolute atomic E-state index is 14.2. The van der Waals surface area contributed by atoms with Gasteiger partial charge in [0.05, 0.1) is 25.8 Å². The van der Waals surface area contributed by atoms with Crippen molar-refractivity contribution in [2.45, 2.75) is 39.5 Å². The molecule has 2 heterocycles. The van der Waals surface area contributed by atoms with Crippen molar-refractivity contribution in [3.63, 3.8) is 0 Å². The van der Waals surface area contributed by atoms with Crippen LogP contribution in [-0.4, -0.2) is 9.13 Å². The monoisotopic (exact) mass is 626 g/mol. The van der Waals surface area contributed by atoms with Crippen LogP contribution in [0.2, 0.25) is 15.1 Å². The highest BCUT2D eigenvalue weighted by Crippen LogP contribution is 2.39. The molecule has 4 aromatic carbocycles. The Morgan fingerprint density at radius 1 is 0.605 bits per heavy atom. The Kier molecular flexibility index (Phi) is 7.72. The van der Waals surface area contributed by atoms with Crippen LogP contribution in [0.5, 0.6) is 0 Å². The lowest BCUT2D eigenvalue weighted by atomic mass is 9.98. The van der Waals surface area contributed by atoms with Gasteiger partial charge in [0.15, 0.2) is 0 Å². The molecule has 216 valence electrons. The molecule has 0 fully saturated rings. The number of pyridine rings is 2. The van der Waals surface area contributed by atoms with Gasteiger partial charge in [0.1, 0.15) is 0 Å². The lowest BCUT2D eigenvalue weighted by molar-refractivity contribution is 0.765. The van der Waals surface area contributed by atoms with Crippen molar-refractivity contribution in [3.05, 3.63) is 138 Å². The van der Waals surface area contributed by atoms with Crippen molar-refractivity contribution in [1.29, 1.82) is 0 Å². The Morgan fingerprint density at radius 3 is 1.98 bits per heavy atom. The summed E-state index contributed by atoms with van der Waals surface area (Å²) in [5.74, 6) is 0.0570. The van der Waals surface area contributed by atoms with Crippen LogP contribution in [0.4, 0.5) is 0 Å². The van der Waals surface area contributed by atoms with E-state index < -0.39 is 0 Å². The van der Waals surface area contributed by atoms with Crippen molar-refractivity contribution in [2.24, 2.45) is 0 Å². The maximum atomic E-state index is 14.2. The predicted octanol–water partition coefficient (Wildman–Crippen LogP) is 10.2. The fourth-order valence-electron chi connectivity index (χ4n) is 5.84. The summed E-state index contributed by atoms with van der Waals surface area (Å²) in [5, 5.41) is 3.44. The second-order valence-electron chi connectivity index (χ2n) is 11.3. The molecule has 0 bridgehead atoms. The molecule has 0 saturated heterocycles. The number of hydrogen-bond donors (Lipinski definition) is 0. The van der Waals surface area contributed by atoms with Crippen molar-refractivity contribution in [3.8, 4) is 22.5 Å². The van der Waals surface area contributed by atoms with Gasteiger partial charge in [-0.3, -0.25) is 18.7 Å². The second kappa shape index (κ2) is 11.3. The number of halogens is 3. The van der Waals surface area contributed by atoms with E-state index in [0.29, 0.717) is 42.5 Å². The highest BCUT2D eigenvalue weighted by atomic mass is 35.5. The third-order valence-corrected chi connectivity index (χ3v) is 8.96. The molecular weight excluding hydrogens is 599 g/mol. The van der Waals surface area contributed by atoms with E-state index in [1.807, 2.05) is 98.8 Å². The van der Waals surface area contributed by atoms with Gasteiger partial charge in [0, 0.05) is 33.7 Å². The molecule has 2 aromatic heterocycles. The molecule has 0 N–H and O–H groups in total. The van der Waals surface area contributed by atoms with E-state index in [1.165, 1.54) is 0 Å². The summed E-state index contributed by atoms with van der Waals surface area (Å²) in [4.78, 5) is 28.1. The Labute approximate surface area is 264 Å². The zero-order valence-corrected chi connectivity index (χ0v) is 26.4. The number of benzene rings is 4. The summed E-state index contributed by atoms with van der Waals surface area (Å²) < 4.78 is 3.38. The quantitative estimate of drug-likeness (QED) is 0.191. The Hall–Kier alpha value is -3.83. The molecule has 4 nitrogen and oxygen atoms in total. The number of hydrogen-bond acceptors (Lipinski definition) is 2. The van der Waals surface area contributed by atoms with Crippen LogP contribution in [-0.2, 0) is 0 Å². The van der Waals surface area contributed by atoms with Gasteiger partial charge in [-0.05, 0) is 59.2 Å². The normalized spacial score (nSPS) is 11.7. The number of fused-ring (bicyclic) bond motifs is 2. The molecule has 6 rings (SSSR count). The topological polar surface area (TPSA) is 44.0 Å². The smallest absolute Gasteiger partial charge is 0.264 e. The standard InChI is InChI=1S/C36H29Cl3N2O2/c1-20(2)29-19-23-11-9-15-28(37)30(23)35(42)40(29)25-14-8-10-22(18-25)26-16-17-27-31(32(26)38)36(43)41(24-12-6-5-7-13-24)34(21(3)4)33(27)39/h5-21H,1-4H3. The molecule has 0 aliphatic carbocycles. The van der Waals surface area contributed by atoms with E-state index in [-0.39, 0.29) is 23.0 Å². The van der Waals surface area contributed by atoms with Gasteiger partial charge in [-0.25, -0.2) is 0 Å². The number of nitrogens with zero attached hydrogens (tertiary/aromatic N) is 2. The fraction of sp³-hybridized carbons (Fsp3) is 0.167. The van der Waals surface area contributed by atoms with Crippen LogP contribution >= 0.6 is 34.8 Å². The van der Waals surface area contributed by atoms with Gasteiger partial charge in [0.25, 0.3) is 11.1 Å². The summed E-state index contributed by atoms with van der Waals surface area (Å²) >= 11 is 20.6. The molecule has 0 unspecified atom stereocenters. The van der Waals surface area contributed by atoms with Gasteiger partial charge in [-0.1, -0.05) is 117 Å². The molecule has 0 amide bonds. The second-order valence-corrected chi connectivity index (χ2v) is 12.5. The SMILES string of the molecule is CC(C)c1cc2cccc(Cl)c2c(=O)n1-c1cccc(-c2ccc3c(Cl)c(C(C)C)n(-c4ccccc4)c(=O)c3c2Cl)c1.